The van der Waals surface area contributed by atoms with E-state index in [2.05, 4.69) is 30.2 Å². The van der Waals surface area contributed by atoms with Crippen LogP contribution in [0, 0.1) is 17.2 Å². The maximum absolute atomic E-state index is 8.61. The molecule has 0 amide bonds. The second-order valence-electron chi connectivity index (χ2n) is 3.61. The van der Waals surface area contributed by atoms with Crippen LogP contribution in [0.2, 0.25) is 0 Å². The molecule has 3 nitrogen and oxygen atoms in total. The summed E-state index contributed by atoms with van der Waals surface area (Å²) in [6, 6.07) is 5.68. The van der Waals surface area contributed by atoms with E-state index in [0.717, 1.165) is 12.4 Å². The van der Waals surface area contributed by atoms with Gasteiger partial charge >= 0.3 is 0 Å². The molecule has 1 N–H and O–H groups in total. The molecule has 1 heterocycles. The third kappa shape index (κ3) is 3.59. The molecular weight excluding hydrogens is 186 g/mol. The van der Waals surface area contributed by atoms with Crippen molar-refractivity contribution in [1.82, 2.24) is 4.98 Å². The largest absolute Gasteiger partial charge is 0.370 e. The Morgan fingerprint density at radius 3 is 2.60 bits per heavy atom. The molecule has 0 saturated heterocycles. The molecule has 0 spiro atoms. The van der Waals surface area contributed by atoms with Crippen molar-refractivity contribution in [2.24, 2.45) is 5.92 Å². The zero-order valence-corrected chi connectivity index (χ0v) is 9.33. The summed E-state index contributed by atoms with van der Waals surface area (Å²) < 4.78 is 0. The van der Waals surface area contributed by atoms with Gasteiger partial charge in [-0.2, -0.15) is 5.26 Å². The highest BCUT2D eigenvalue weighted by atomic mass is 15.0. The van der Waals surface area contributed by atoms with E-state index in [0.29, 0.717) is 11.5 Å². The van der Waals surface area contributed by atoms with Crippen LogP contribution in [0.4, 0.5) is 5.82 Å². The molecule has 1 aromatic heterocycles. The molecule has 1 aromatic rings. The quantitative estimate of drug-likeness (QED) is 0.800. The molecule has 0 aliphatic heterocycles. The Labute approximate surface area is 91.1 Å². The lowest BCUT2D eigenvalue weighted by molar-refractivity contribution is 0.518. The highest BCUT2D eigenvalue weighted by molar-refractivity contribution is 5.38. The van der Waals surface area contributed by atoms with Gasteiger partial charge in [0.2, 0.25) is 0 Å². The number of hydrogen-bond acceptors (Lipinski definition) is 3. The van der Waals surface area contributed by atoms with Gasteiger partial charge in [0.25, 0.3) is 0 Å². The first-order chi connectivity index (χ1) is 7.30. The van der Waals surface area contributed by atoms with Gasteiger partial charge in [-0.1, -0.05) is 26.7 Å². The van der Waals surface area contributed by atoms with Crippen molar-refractivity contribution in [1.29, 1.82) is 5.26 Å². The van der Waals surface area contributed by atoms with Crippen LogP contribution in [0.3, 0.4) is 0 Å². The number of anilines is 1. The van der Waals surface area contributed by atoms with Gasteiger partial charge in [-0.25, -0.2) is 4.98 Å². The fraction of sp³-hybridized carbons (Fsp3) is 0.500. The van der Waals surface area contributed by atoms with Gasteiger partial charge in [0.1, 0.15) is 11.9 Å². The van der Waals surface area contributed by atoms with E-state index in [1.807, 2.05) is 6.07 Å². The van der Waals surface area contributed by atoms with Crippen LogP contribution in [0.25, 0.3) is 0 Å². The highest BCUT2D eigenvalue weighted by Crippen LogP contribution is 2.10. The fourth-order valence-electron chi connectivity index (χ4n) is 1.39. The van der Waals surface area contributed by atoms with Crippen molar-refractivity contribution in [2.75, 3.05) is 11.9 Å². The maximum atomic E-state index is 8.61. The molecular formula is C12H17N3. The van der Waals surface area contributed by atoms with Gasteiger partial charge < -0.3 is 5.32 Å². The predicted molar refractivity (Wildman–Crippen MR) is 61.5 cm³/mol. The summed E-state index contributed by atoms with van der Waals surface area (Å²) in [7, 11) is 0. The van der Waals surface area contributed by atoms with Crippen molar-refractivity contribution in [3.63, 3.8) is 0 Å². The zero-order valence-electron chi connectivity index (χ0n) is 9.33. The monoisotopic (exact) mass is 203 g/mol. The first-order valence-corrected chi connectivity index (χ1v) is 5.40. The van der Waals surface area contributed by atoms with E-state index >= 15 is 0 Å². The number of pyridine rings is 1. The van der Waals surface area contributed by atoms with Crippen LogP contribution in [-0.4, -0.2) is 11.5 Å². The summed E-state index contributed by atoms with van der Waals surface area (Å²) in [5.74, 6) is 1.54. The molecule has 0 unspecified atom stereocenters. The number of aromatic nitrogens is 1. The second kappa shape index (κ2) is 6.02. The molecule has 0 aliphatic carbocycles. The second-order valence-corrected chi connectivity index (χ2v) is 3.61. The highest BCUT2D eigenvalue weighted by Gasteiger charge is 2.02. The van der Waals surface area contributed by atoms with Crippen LogP contribution in [-0.2, 0) is 0 Å². The minimum absolute atomic E-state index is 0.600. The molecule has 1 rings (SSSR count). The first-order valence-electron chi connectivity index (χ1n) is 5.40. The van der Waals surface area contributed by atoms with Crippen LogP contribution >= 0.6 is 0 Å². The summed E-state index contributed by atoms with van der Waals surface area (Å²) in [4.78, 5) is 4.16. The molecule has 0 fully saturated rings. The smallest absolute Gasteiger partial charge is 0.125 e. The number of nitrogens with zero attached hydrogens (tertiary/aromatic N) is 2. The van der Waals surface area contributed by atoms with Crippen molar-refractivity contribution in [3.8, 4) is 6.07 Å². The SMILES string of the molecule is CCC(CC)CNc1ccc(C#N)cn1. The van der Waals surface area contributed by atoms with Gasteiger partial charge in [-0.05, 0) is 18.1 Å². The molecule has 0 bridgehead atoms. The molecule has 0 atom stereocenters. The van der Waals surface area contributed by atoms with E-state index in [9.17, 15) is 0 Å². The minimum Gasteiger partial charge on any atom is -0.370 e. The molecule has 0 aromatic carbocycles. The number of nitrogens with one attached hydrogen (secondary N) is 1. The van der Waals surface area contributed by atoms with Gasteiger partial charge in [0.15, 0.2) is 0 Å². The Bertz CT molecular complexity index is 320. The van der Waals surface area contributed by atoms with Crippen molar-refractivity contribution < 1.29 is 0 Å². The first kappa shape index (κ1) is 11.5. The van der Waals surface area contributed by atoms with Crippen LogP contribution in [0.1, 0.15) is 32.3 Å². The number of hydrogen-bond donors (Lipinski definition) is 1. The topological polar surface area (TPSA) is 48.7 Å². The van der Waals surface area contributed by atoms with Crippen LogP contribution in [0.15, 0.2) is 18.3 Å². The predicted octanol–water partition coefficient (Wildman–Crippen LogP) is 2.80. The lowest BCUT2D eigenvalue weighted by Crippen LogP contribution is -2.13. The third-order valence-electron chi connectivity index (χ3n) is 2.62. The Morgan fingerprint density at radius 2 is 2.13 bits per heavy atom. The molecule has 0 aliphatic rings. The van der Waals surface area contributed by atoms with Crippen molar-refractivity contribution in [3.05, 3.63) is 23.9 Å². The molecule has 3 heteroatoms. The number of rotatable bonds is 5. The van der Waals surface area contributed by atoms with Crippen LogP contribution in [0.5, 0.6) is 0 Å². The number of nitriles is 1. The molecule has 80 valence electrons. The summed E-state index contributed by atoms with van der Waals surface area (Å²) in [6.07, 6.45) is 3.95. The van der Waals surface area contributed by atoms with Gasteiger partial charge in [-0.3, -0.25) is 0 Å². The van der Waals surface area contributed by atoms with Gasteiger partial charge in [0.05, 0.1) is 5.56 Å². The molecule has 15 heavy (non-hydrogen) atoms. The average molecular weight is 203 g/mol. The van der Waals surface area contributed by atoms with Gasteiger partial charge in [-0.15, -0.1) is 0 Å². The van der Waals surface area contributed by atoms with Crippen LogP contribution < -0.4 is 5.32 Å². The van der Waals surface area contributed by atoms with E-state index in [-0.39, 0.29) is 0 Å². The summed E-state index contributed by atoms with van der Waals surface area (Å²) in [6.45, 7) is 5.34. The third-order valence-corrected chi connectivity index (χ3v) is 2.62. The normalized spacial score (nSPS) is 10.0. The lowest BCUT2D eigenvalue weighted by atomic mass is 10.0. The van der Waals surface area contributed by atoms with Crippen molar-refractivity contribution >= 4 is 5.82 Å². The van der Waals surface area contributed by atoms with E-state index < -0.39 is 0 Å². The Morgan fingerprint density at radius 1 is 1.40 bits per heavy atom. The van der Waals surface area contributed by atoms with E-state index in [1.54, 1.807) is 12.3 Å². The Balaban J connectivity index is 2.48. The zero-order chi connectivity index (χ0) is 11.1. The average Bonchev–Trinajstić information content (AvgIpc) is 2.31. The van der Waals surface area contributed by atoms with E-state index in [4.69, 9.17) is 5.26 Å². The standard InChI is InChI=1S/C12H17N3/c1-3-10(4-2)8-14-12-6-5-11(7-13)9-15-12/h5-6,9-10H,3-4,8H2,1-2H3,(H,14,15). The summed E-state index contributed by atoms with van der Waals surface area (Å²) in [5, 5.41) is 11.9. The Kier molecular flexibility index (Phi) is 4.62. The summed E-state index contributed by atoms with van der Waals surface area (Å²) in [5.41, 5.74) is 0.600. The molecule has 0 radical (unpaired) electrons. The minimum atomic E-state index is 0.600. The lowest BCUT2D eigenvalue weighted by Gasteiger charge is -2.13. The fourth-order valence-corrected chi connectivity index (χ4v) is 1.39. The van der Waals surface area contributed by atoms with Crippen molar-refractivity contribution in [2.45, 2.75) is 26.7 Å². The Hall–Kier alpha value is -1.56. The maximum Gasteiger partial charge on any atom is 0.125 e. The van der Waals surface area contributed by atoms with Gasteiger partial charge in [0, 0.05) is 12.7 Å². The van der Waals surface area contributed by atoms with E-state index in [1.165, 1.54) is 12.8 Å². The summed E-state index contributed by atoms with van der Waals surface area (Å²) >= 11 is 0. The molecule has 0 saturated carbocycles.